The Hall–Kier alpha value is -1.54. The largest absolute Gasteiger partial charge is 0.496 e. The molecule has 0 aliphatic heterocycles. The fraction of sp³-hybridized carbons (Fsp3) is 0.333. The van der Waals surface area contributed by atoms with E-state index in [4.69, 9.17) is 10.5 Å². The molecule has 0 bridgehead atoms. The van der Waals surface area contributed by atoms with Gasteiger partial charge in [0.1, 0.15) is 5.75 Å². The third-order valence-electron chi connectivity index (χ3n) is 3.81. The van der Waals surface area contributed by atoms with Crippen LogP contribution in [0.15, 0.2) is 30.3 Å². The molecule has 2 aromatic carbocycles. The topological polar surface area (TPSA) is 35.2 Å². The summed E-state index contributed by atoms with van der Waals surface area (Å²) in [6.07, 6.45) is 2.25. The van der Waals surface area contributed by atoms with Gasteiger partial charge >= 0.3 is 0 Å². The van der Waals surface area contributed by atoms with Gasteiger partial charge < -0.3 is 10.5 Å². The molecule has 2 nitrogen and oxygen atoms in total. The normalized spacial score (nSPS) is 18.4. The number of nitrogens with two attached hydrogens (primary N) is 1. The van der Waals surface area contributed by atoms with Crippen molar-refractivity contribution in [2.45, 2.75) is 18.8 Å². The van der Waals surface area contributed by atoms with E-state index in [0.717, 1.165) is 18.6 Å². The van der Waals surface area contributed by atoms with Crippen molar-refractivity contribution in [3.8, 4) is 5.75 Å². The maximum absolute atomic E-state index is 5.90. The van der Waals surface area contributed by atoms with E-state index in [9.17, 15) is 0 Å². The smallest absolute Gasteiger partial charge is 0.123 e. The summed E-state index contributed by atoms with van der Waals surface area (Å²) in [7, 11) is 1.74. The molecule has 1 atom stereocenters. The first-order valence-corrected chi connectivity index (χ1v) is 6.13. The van der Waals surface area contributed by atoms with Crippen LogP contribution in [0.3, 0.4) is 0 Å². The van der Waals surface area contributed by atoms with E-state index in [1.807, 2.05) is 0 Å². The number of ether oxygens (including phenoxy) is 1. The molecule has 2 heteroatoms. The van der Waals surface area contributed by atoms with Crippen LogP contribution in [0, 0.1) is 0 Å². The molecule has 0 aromatic heterocycles. The summed E-state index contributed by atoms with van der Waals surface area (Å²) in [5.74, 6) is 1.42. The summed E-state index contributed by atoms with van der Waals surface area (Å²) in [5, 5.41) is 2.67. The van der Waals surface area contributed by atoms with Gasteiger partial charge in [0, 0.05) is 11.5 Å². The van der Waals surface area contributed by atoms with Crippen molar-refractivity contribution in [2.75, 3.05) is 13.7 Å². The second-order valence-electron chi connectivity index (χ2n) is 4.67. The zero-order chi connectivity index (χ0) is 11.8. The van der Waals surface area contributed by atoms with Crippen LogP contribution in [0.2, 0.25) is 0 Å². The van der Waals surface area contributed by atoms with E-state index in [-0.39, 0.29) is 0 Å². The first-order valence-electron chi connectivity index (χ1n) is 6.13. The van der Waals surface area contributed by atoms with Crippen molar-refractivity contribution in [1.29, 1.82) is 0 Å². The Morgan fingerprint density at radius 1 is 1.29 bits per heavy atom. The predicted molar refractivity (Wildman–Crippen MR) is 70.6 cm³/mol. The SMILES string of the molecule is COc1ccc2cccc3c2c1[C@@H](CN)CC3. The van der Waals surface area contributed by atoms with Gasteiger partial charge in [-0.05, 0) is 41.8 Å². The minimum absolute atomic E-state index is 0.434. The number of benzene rings is 2. The van der Waals surface area contributed by atoms with E-state index in [1.165, 1.54) is 21.9 Å². The summed E-state index contributed by atoms with van der Waals surface area (Å²) in [4.78, 5) is 0. The van der Waals surface area contributed by atoms with Crippen molar-refractivity contribution < 1.29 is 4.74 Å². The van der Waals surface area contributed by atoms with E-state index in [0.29, 0.717) is 12.5 Å². The molecular weight excluding hydrogens is 210 g/mol. The molecule has 3 rings (SSSR count). The lowest BCUT2D eigenvalue weighted by Crippen LogP contribution is -2.18. The standard InChI is InChI=1S/C15H17NO/c1-17-13-8-7-11-4-2-3-10-5-6-12(9-16)15(13)14(10)11/h2-4,7-8,12H,5-6,9,16H2,1H3/t12-/m1/s1. The Labute approximate surface area is 101 Å². The first-order chi connectivity index (χ1) is 8.35. The molecule has 0 radical (unpaired) electrons. The molecule has 0 unspecified atom stereocenters. The molecule has 0 saturated carbocycles. The van der Waals surface area contributed by atoms with Crippen molar-refractivity contribution in [2.24, 2.45) is 5.73 Å². The zero-order valence-corrected chi connectivity index (χ0v) is 10.1. The Balaban J connectivity index is 2.38. The van der Waals surface area contributed by atoms with E-state index in [1.54, 1.807) is 7.11 Å². The maximum atomic E-state index is 5.90. The molecule has 0 fully saturated rings. The number of hydrogen-bond donors (Lipinski definition) is 1. The summed E-state index contributed by atoms with van der Waals surface area (Å²) in [6, 6.07) is 10.7. The van der Waals surface area contributed by atoms with Gasteiger partial charge in [-0.2, -0.15) is 0 Å². The van der Waals surface area contributed by atoms with Crippen LogP contribution >= 0.6 is 0 Å². The lowest BCUT2D eigenvalue weighted by molar-refractivity contribution is 0.404. The summed E-state index contributed by atoms with van der Waals surface area (Å²) < 4.78 is 5.51. The highest BCUT2D eigenvalue weighted by Crippen LogP contribution is 2.41. The van der Waals surface area contributed by atoms with E-state index in [2.05, 4.69) is 30.3 Å². The van der Waals surface area contributed by atoms with Gasteiger partial charge in [-0.3, -0.25) is 0 Å². The van der Waals surface area contributed by atoms with Gasteiger partial charge in [0.2, 0.25) is 0 Å². The number of aryl methyl sites for hydroxylation is 1. The Morgan fingerprint density at radius 3 is 2.94 bits per heavy atom. The Morgan fingerprint density at radius 2 is 2.18 bits per heavy atom. The van der Waals surface area contributed by atoms with Crippen molar-refractivity contribution in [3.63, 3.8) is 0 Å². The molecule has 0 spiro atoms. The molecule has 2 aromatic rings. The van der Waals surface area contributed by atoms with Crippen LogP contribution in [-0.2, 0) is 6.42 Å². The van der Waals surface area contributed by atoms with Gasteiger partial charge in [0.25, 0.3) is 0 Å². The van der Waals surface area contributed by atoms with Crippen molar-refractivity contribution in [3.05, 3.63) is 41.5 Å². The lowest BCUT2D eigenvalue weighted by atomic mass is 9.81. The zero-order valence-electron chi connectivity index (χ0n) is 10.1. The second kappa shape index (κ2) is 4.04. The highest BCUT2D eigenvalue weighted by atomic mass is 16.5. The second-order valence-corrected chi connectivity index (χ2v) is 4.67. The van der Waals surface area contributed by atoms with Gasteiger partial charge in [0.15, 0.2) is 0 Å². The minimum atomic E-state index is 0.434. The number of hydrogen-bond acceptors (Lipinski definition) is 2. The van der Waals surface area contributed by atoms with Gasteiger partial charge in [-0.25, -0.2) is 0 Å². The average molecular weight is 227 g/mol. The van der Waals surface area contributed by atoms with Gasteiger partial charge in [0.05, 0.1) is 7.11 Å². The lowest BCUT2D eigenvalue weighted by Gasteiger charge is -2.26. The van der Waals surface area contributed by atoms with Crippen LogP contribution in [0.1, 0.15) is 23.5 Å². The maximum Gasteiger partial charge on any atom is 0.123 e. The van der Waals surface area contributed by atoms with Crippen LogP contribution in [0.4, 0.5) is 0 Å². The third kappa shape index (κ3) is 1.52. The van der Waals surface area contributed by atoms with E-state index >= 15 is 0 Å². The quantitative estimate of drug-likeness (QED) is 0.856. The summed E-state index contributed by atoms with van der Waals surface area (Å²) >= 11 is 0. The highest BCUT2D eigenvalue weighted by Gasteiger charge is 2.23. The number of methoxy groups -OCH3 is 1. The highest BCUT2D eigenvalue weighted by molar-refractivity contribution is 5.92. The fourth-order valence-electron chi connectivity index (χ4n) is 2.97. The molecule has 0 saturated heterocycles. The molecule has 0 heterocycles. The molecule has 88 valence electrons. The van der Waals surface area contributed by atoms with Gasteiger partial charge in [-0.1, -0.05) is 24.3 Å². The van der Waals surface area contributed by atoms with Crippen molar-refractivity contribution in [1.82, 2.24) is 0 Å². The molecule has 1 aliphatic carbocycles. The first kappa shape index (κ1) is 10.6. The molecule has 0 amide bonds. The fourth-order valence-corrected chi connectivity index (χ4v) is 2.97. The minimum Gasteiger partial charge on any atom is -0.496 e. The molecule has 17 heavy (non-hydrogen) atoms. The summed E-state index contributed by atoms with van der Waals surface area (Å²) in [6.45, 7) is 0.698. The Kier molecular flexibility index (Phi) is 2.52. The monoisotopic (exact) mass is 227 g/mol. The van der Waals surface area contributed by atoms with E-state index < -0.39 is 0 Å². The van der Waals surface area contributed by atoms with Crippen LogP contribution in [0.5, 0.6) is 5.75 Å². The Bertz CT molecular complexity index is 562. The third-order valence-corrected chi connectivity index (χ3v) is 3.81. The van der Waals surface area contributed by atoms with Gasteiger partial charge in [-0.15, -0.1) is 0 Å². The molecule has 2 N–H and O–H groups in total. The molecular formula is C15H17NO. The summed E-state index contributed by atoms with van der Waals surface area (Å²) in [5.41, 5.74) is 8.65. The van der Waals surface area contributed by atoms with Crippen LogP contribution in [0.25, 0.3) is 10.8 Å². The van der Waals surface area contributed by atoms with Crippen LogP contribution in [-0.4, -0.2) is 13.7 Å². The number of rotatable bonds is 2. The average Bonchev–Trinajstić information content (AvgIpc) is 2.40. The molecule has 1 aliphatic rings. The predicted octanol–water partition coefficient (Wildman–Crippen LogP) is 2.84. The van der Waals surface area contributed by atoms with Crippen molar-refractivity contribution >= 4 is 10.8 Å². The van der Waals surface area contributed by atoms with Crippen LogP contribution < -0.4 is 10.5 Å².